The molecule has 0 aliphatic rings. The number of carboxylic acids is 1. The van der Waals surface area contributed by atoms with E-state index in [4.69, 9.17) is 5.11 Å². The quantitative estimate of drug-likeness (QED) is 0.753. The highest BCUT2D eigenvalue weighted by atomic mass is 19.4. The lowest BCUT2D eigenvalue weighted by molar-refractivity contribution is -0.157. The van der Waals surface area contributed by atoms with Gasteiger partial charge in [-0.3, -0.25) is 4.79 Å². The number of halogens is 4. The lowest BCUT2D eigenvalue weighted by atomic mass is 10.1. The van der Waals surface area contributed by atoms with Gasteiger partial charge in [0.1, 0.15) is 17.6 Å². The van der Waals surface area contributed by atoms with E-state index in [0.29, 0.717) is 10.9 Å². The highest BCUT2D eigenvalue weighted by Gasteiger charge is 2.36. The molecule has 1 atom stereocenters. The summed E-state index contributed by atoms with van der Waals surface area (Å²) in [5.41, 5.74) is 0.665. The number of rotatable bonds is 4. The first-order valence-corrected chi connectivity index (χ1v) is 6.46. The fourth-order valence-corrected chi connectivity index (χ4v) is 2.16. The molecule has 0 aliphatic carbocycles. The Labute approximate surface area is 127 Å². The van der Waals surface area contributed by atoms with E-state index >= 15 is 0 Å². The third-order valence-electron chi connectivity index (χ3n) is 3.19. The maximum Gasteiger partial charge on any atom is 0.391 e. The highest BCUT2D eigenvalue weighted by Crippen LogP contribution is 2.23. The number of carbonyl (C=O) groups is 2. The standard InChI is InChI=1S/C14H12F4N2O3/c1-6-2-7(15)3-9-8(6)4-10(19-9)12(21)20-11(13(22)23)5-14(16,17)18/h2-4,11,19H,5H2,1H3,(H,20,21)(H,22,23). The number of hydrogen-bond donors (Lipinski definition) is 3. The molecule has 0 radical (unpaired) electrons. The summed E-state index contributed by atoms with van der Waals surface area (Å²) in [4.78, 5) is 25.3. The van der Waals surface area contributed by atoms with Gasteiger partial charge in [0.25, 0.3) is 5.91 Å². The van der Waals surface area contributed by atoms with E-state index in [-0.39, 0.29) is 11.2 Å². The van der Waals surface area contributed by atoms with E-state index in [1.54, 1.807) is 12.2 Å². The first kappa shape index (κ1) is 16.8. The normalized spacial score (nSPS) is 13.1. The van der Waals surface area contributed by atoms with Crippen LogP contribution in [0.1, 0.15) is 22.5 Å². The number of hydrogen-bond acceptors (Lipinski definition) is 2. The summed E-state index contributed by atoms with van der Waals surface area (Å²) in [6.07, 6.45) is -6.43. The number of nitrogens with one attached hydrogen (secondary N) is 2. The van der Waals surface area contributed by atoms with Gasteiger partial charge in [-0.15, -0.1) is 0 Å². The molecule has 5 nitrogen and oxygen atoms in total. The Bertz CT molecular complexity index is 767. The smallest absolute Gasteiger partial charge is 0.391 e. The summed E-state index contributed by atoms with van der Waals surface area (Å²) in [6, 6.07) is 1.59. The van der Waals surface area contributed by atoms with Crippen molar-refractivity contribution in [1.82, 2.24) is 10.3 Å². The van der Waals surface area contributed by atoms with Gasteiger partial charge in [-0.05, 0) is 30.7 Å². The molecular formula is C14H12F4N2O3. The minimum absolute atomic E-state index is 0.151. The molecule has 2 aromatic rings. The number of H-pyrrole nitrogens is 1. The van der Waals surface area contributed by atoms with Gasteiger partial charge in [-0.1, -0.05) is 0 Å². The van der Waals surface area contributed by atoms with Crippen molar-refractivity contribution in [2.75, 3.05) is 0 Å². The SMILES string of the molecule is Cc1cc(F)cc2[nH]c(C(=O)NC(CC(F)(F)F)C(=O)O)cc12. The van der Waals surface area contributed by atoms with Crippen LogP contribution >= 0.6 is 0 Å². The molecule has 0 saturated carbocycles. The van der Waals surface area contributed by atoms with Crippen molar-refractivity contribution < 1.29 is 32.3 Å². The first-order chi connectivity index (χ1) is 10.6. The van der Waals surface area contributed by atoms with Crippen molar-refractivity contribution in [2.45, 2.75) is 25.6 Å². The van der Waals surface area contributed by atoms with Crippen LogP contribution in [0.15, 0.2) is 18.2 Å². The molecule has 2 rings (SSSR count). The minimum Gasteiger partial charge on any atom is -0.480 e. The molecule has 1 heterocycles. The second kappa shape index (κ2) is 5.90. The Balaban J connectivity index is 2.26. The predicted octanol–water partition coefficient (Wildman–Crippen LogP) is 2.75. The number of alkyl halides is 3. The summed E-state index contributed by atoms with van der Waals surface area (Å²) in [6.45, 7) is 1.60. The zero-order chi connectivity index (χ0) is 17.4. The number of aliphatic carboxylic acids is 1. The van der Waals surface area contributed by atoms with Gasteiger partial charge in [0, 0.05) is 10.9 Å². The van der Waals surface area contributed by atoms with E-state index in [0.717, 1.165) is 6.07 Å². The van der Waals surface area contributed by atoms with E-state index in [1.807, 2.05) is 0 Å². The van der Waals surface area contributed by atoms with Crippen molar-refractivity contribution >= 4 is 22.8 Å². The molecule has 3 N–H and O–H groups in total. The molecule has 0 saturated heterocycles. The van der Waals surface area contributed by atoms with Crippen molar-refractivity contribution in [1.29, 1.82) is 0 Å². The molecule has 1 amide bonds. The Hall–Kier alpha value is -2.58. The van der Waals surface area contributed by atoms with Gasteiger partial charge in [0.15, 0.2) is 0 Å². The third kappa shape index (κ3) is 3.99. The monoisotopic (exact) mass is 332 g/mol. The Morgan fingerprint density at radius 3 is 2.52 bits per heavy atom. The van der Waals surface area contributed by atoms with E-state index in [2.05, 4.69) is 4.98 Å². The third-order valence-corrected chi connectivity index (χ3v) is 3.19. The molecule has 124 valence electrons. The van der Waals surface area contributed by atoms with E-state index < -0.39 is 36.3 Å². The molecule has 1 aromatic carbocycles. The van der Waals surface area contributed by atoms with Crippen LogP contribution in [-0.4, -0.2) is 34.2 Å². The van der Waals surface area contributed by atoms with Gasteiger partial charge in [0.2, 0.25) is 0 Å². The van der Waals surface area contributed by atoms with Gasteiger partial charge in [-0.2, -0.15) is 13.2 Å². The zero-order valence-electron chi connectivity index (χ0n) is 11.8. The van der Waals surface area contributed by atoms with Gasteiger partial charge >= 0.3 is 12.1 Å². The van der Waals surface area contributed by atoms with Crippen LogP contribution in [0.25, 0.3) is 10.9 Å². The van der Waals surface area contributed by atoms with Gasteiger partial charge in [-0.25, -0.2) is 9.18 Å². The van der Waals surface area contributed by atoms with E-state index in [1.165, 1.54) is 12.1 Å². The number of benzene rings is 1. The first-order valence-electron chi connectivity index (χ1n) is 6.46. The molecule has 0 fully saturated rings. The van der Waals surface area contributed by atoms with Crippen molar-refractivity contribution in [3.8, 4) is 0 Å². The molecule has 1 unspecified atom stereocenters. The zero-order valence-corrected chi connectivity index (χ0v) is 11.8. The van der Waals surface area contributed by atoms with Gasteiger partial charge in [0.05, 0.1) is 6.42 Å². The second-order valence-electron chi connectivity index (χ2n) is 5.05. The summed E-state index contributed by atoms with van der Waals surface area (Å²) < 4.78 is 50.2. The maximum atomic E-state index is 13.3. The number of amides is 1. The van der Waals surface area contributed by atoms with Gasteiger partial charge < -0.3 is 15.4 Å². The molecule has 0 bridgehead atoms. The Morgan fingerprint density at radius 1 is 1.30 bits per heavy atom. The Kier molecular flexibility index (Phi) is 4.31. The molecular weight excluding hydrogens is 320 g/mol. The molecule has 1 aromatic heterocycles. The predicted molar refractivity (Wildman–Crippen MR) is 72.6 cm³/mol. The topological polar surface area (TPSA) is 82.2 Å². The lowest BCUT2D eigenvalue weighted by Gasteiger charge is -2.15. The highest BCUT2D eigenvalue weighted by molar-refractivity contribution is 6.00. The van der Waals surface area contributed by atoms with Crippen molar-refractivity contribution in [2.24, 2.45) is 0 Å². The van der Waals surface area contributed by atoms with Crippen LogP contribution in [0, 0.1) is 12.7 Å². The summed E-state index contributed by atoms with van der Waals surface area (Å²) >= 11 is 0. The fourth-order valence-electron chi connectivity index (χ4n) is 2.16. The molecule has 23 heavy (non-hydrogen) atoms. The molecule has 9 heteroatoms. The summed E-state index contributed by atoms with van der Waals surface area (Å²) in [5, 5.41) is 11.1. The van der Waals surface area contributed by atoms with Crippen LogP contribution in [0.3, 0.4) is 0 Å². The Morgan fingerprint density at radius 2 is 1.96 bits per heavy atom. The largest absolute Gasteiger partial charge is 0.480 e. The summed E-state index contributed by atoms with van der Waals surface area (Å²) in [5.74, 6) is -3.35. The van der Waals surface area contributed by atoms with Crippen LogP contribution < -0.4 is 5.32 Å². The second-order valence-corrected chi connectivity index (χ2v) is 5.05. The van der Waals surface area contributed by atoms with Crippen molar-refractivity contribution in [3.05, 3.63) is 35.3 Å². The molecule has 0 aliphatic heterocycles. The lowest BCUT2D eigenvalue weighted by Crippen LogP contribution is -2.43. The number of aromatic nitrogens is 1. The van der Waals surface area contributed by atoms with E-state index in [9.17, 15) is 27.2 Å². The summed E-state index contributed by atoms with van der Waals surface area (Å²) in [7, 11) is 0. The number of carboxylic acid groups (broad SMARTS) is 1. The van der Waals surface area contributed by atoms with Crippen LogP contribution in [0.2, 0.25) is 0 Å². The fraction of sp³-hybridized carbons (Fsp3) is 0.286. The molecule has 0 spiro atoms. The number of aryl methyl sites for hydroxylation is 1. The average molecular weight is 332 g/mol. The number of carbonyl (C=O) groups excluding carboxylic acids is 1. The number of fused-ring (bicyclic) bond motifs is 1. The van der Waals surface area contributed by atoms with Crippen LogP contribution in [-0.2, 0) is 4.79 Å². The van der Waals surface area contributed by atoms with Crippen LogP contribution in [0.4, 0.5) is 17.6 Å². The minimum atomic E-state index is -4.74. The van der Waals surface area contributed by atoms with Crippen LogP contribution in [0.5, 0.6) is 0 Å². The van der Waals surface area contributed by atoms with Crippen molar-refractivity contribution in [3.63, 3.8) is 0 Å². The average Bonchev–Trinajstić information content (AvgIpc) is 2.80. The number of aromatic amines is 1. The maximum absolute atomic E-state index is 13.3.